The summed E-state index contributed by atoms with van der Waals surface area (Å²) >= 11 is 0. The van der Waals surface area contributed by atoms with Gasteiger partial charge in [0.15, 0.2) is 0 Å². The average molecular weight is 284 g/mol. The molecule has 4 nitrogen and oxygen atoms in total. The Morgan fingerprint density at radius 3 is 2.15 bits per heavy atom. The van der Waals surface area contributed by atoms with Crippen LogP contribution in [0.2, 0.25) is 0 Å². The second kappa shape index (κ2) is 5.64. The lowest BCUT2D eigenvalue weighted by Crippen LogP contribution is -2.58. The van der Waals surface area contributed by atoms with Gasteiger partial charge in [0.25, 0.3) is 0 Å². The number of carbonyl (C=O) groups excluding carboxylic acids is 1. The van der Waals surface area contributed by atoms with E-state index in [9.17, 15) is 9.90 Å². The summed E-state index contributed by atoms with van der Waals surface area (Å²) in [6, 6.07) is -0.238. The molecule has 118 valence electrons. The van der Waals surface area contributed by atoms with Crippen molar-refractivity contribution < 1.29 is 9.90 Å². The van der Waals surface area contributed by atoms with Gasteiger partial charge >= 0.3 is 0 Å². The smallest absolute Gasteiger partial charge is 0.220 e. The van der Waals surface area contributed by atoms with E-state index in [2.05, 4.69) is 38.3 Å². The van der Waals surface area contributed by atoms with Crippen molar-refractivity contribution in [2.24, 2.45) is 5.92 Å². The second-order valence-corrected chi connectivity index (χ2v) is 8.31. The van der Waals surface area contributed by atoms with Crippen molar-refractivity contribution in [3.8, 4) is 0 Å². The highest BCUT2D eigenvalue weighted by Crippen LogP contribution is 2.34. The molecule has 1 fully saturated rings. The first-order chi connectivity index (χ1) is 8.81. The minimum absolute atomic E-state index is 0.0399. The summed E-state index contributed by atoms with van der Waals surface area (Å²) < 4.78 is 0. The van der Waals surface area contributed by atoms with Crippen molar-refractivity contribution in [2.75, 3.05) is 0 Å². The summed E-state index contributed by atoms with van der Waals surface area (Å²) in [5.41, 5.74) is -0.758. The van der Waals surface area contributed by atoms with E-state index in [0.717, 1.165) is 12.8 Å². The molecule has 1 atom stereocenters. The van der Waals surface area contributed by atoms with Gasteiger partial charge < -0.3 is 15.7 Å². The Morgan fingerprint density at radius 1 is 1.30 bits per heavy atom. The van der Waals surface area contributed by atoms with E-state index in [1.807, 2.05) is 6.92 Å². The van der Waals surface area contributed by atoms with E-state index in [4.69, 9.17) is 0 Å². The molecule has 0 spiro atoms. The summed E-state index contributed by atoms with van der Waals surface area (Å²) in [5.74, 6) is 0.424. The summed E-state index contributed by atoms with van der Waals surface area (Å²) in [7, 11) is 0. The number of hydrogen-bond acceptors (Lipinski definition) is 3. The highest BCUT2D eigenvalue weighted by atomic mass is 16.3. The fraction of sp³-hybridized carbons (Fsp3) is 0.938. The van der Waals surface area contributed by atoms with Crippen molar-refractivity contribution in [1.29, 1.82) is 0 Å². The largest absolute Gasteiger partial charge is 0.388 e. The molecular formula is C16H32N2O2. The third kappa shape index (κ3) is 5.41. The first kappa shape index (κ1) is 17.4. The number of piperidine rings is 1. The maximum atomic E-state index is 12.1. The van der Waals surface area contributed by atoms with Gasteiger partial charge in [0.05, 0.1) is 11.6 Å². The Labute approximate surface area is 123 Å². The molecule has 0 saturated carbocycles. The minimum atomic E-state index is -0.887. The quantitative estimate of drug-likeness (QED) is 0.742. The van der Waals surface area contributed by atoms with Gasteiger partial charge in [-0.3, -0.25) is 4.79 Å². The Balaban J connectivity index is 2.58. The lowest BCUT2D eigenvalue weighted by atomic mass is 9.74. The van der Waals surface area contributed by atoms with Crippen LogP contribution in [0.1, 0.15) is 67.7 Å². The van der Waals surface area contributed by atoms with Crippen LogP contribution in [0.3, 0.4) is 0 Å². The molecule has 0 aromatic rings. The Bertz CT molecular complexity index is 340. The number of nitrogens with one attached hydrogen (secondary N) is 2. The van der Waals surface area contributed by atoms with E-state index < -0.39 is 5.60 Å². The topological polar surface area (TPSA) is 61.4 Å². The van der Waals surface area contributed by atoms with Gasteiger partial charge in [0.1, 0.15) is 0 Å². The Hall–Kier alpha value is -0.610. The van der Waals surface area contributed by atoms with Crippen LogP contribution in [-0.4, -0.2) is 33.7 Å². The minimum Gasteiger partial charge on any atom is -0.388 e. The zero-order valence-electron chi connectivity index (χ0n) is 14.1. The average Bonchev–Trinajstić information content (AvgIpc) is 2.09. The summed E-state index contributed by atoms with van der Waals surface area (Å²) in [6.07, 6.45) is 2.54. The molecule has 1 aliphatic heterocycles. The van der Waals surface area contributed by atoms with Crippen LogP contribution in [0, 0.1) is 5.92 Å². The van der Waals surface area contributed by atoms with E-state index in [0.29, 0.717) is 12.3 Å². The number of rotatable bonds is 4. The zero-order chi connectivity index (χ0) is 15.8. The van der Waals surface area contributed by atoms with Crippen LogP contribution in [0.25, 0.3) is 0 Å². The zero-order valence-corrected chi connectivity index (χ0v) is 14.1. The Morgan fingerprint density at radius 2 is 1.75 bits per heavy atom. The summed E-state index contributed by atoms with van der Waals surface area (Å²) in [5, 5.41) is 16.4. The normalized spacial score (nSPS) is 24.2. The highest BCUT2D eigenvalue weighted by molar-refractivity contribution is 5.76. The van der Waals surface area contributed by atoms with E-state index >= 15 is 0 Å². The van der Waals surface area contributed by atoms with Crippen molar-refractivity contribution in [1.82, 2.24) is 10.6 Å². The van der Waals surface area contributed by atoms with E-state index in [1.165, 1.54) is 0 Å². The summed E-state index contributed by atoms with van der Waals surface area (Å²) in [4.78, 5) is 12.1. The fourth-order valence-electron chi connectivity index (χ4n) is 3.42. The monoisotopic (exact) mass is 284 g/mol. The van der Waals surface area contributed by atoms with Crippen LogP contribution < -0.4 is 10.6 Å². The van der Waals surface area contributed by atoms with Crippen molar-refractivity contribution in [3.63, 3.8) is 0 Å². The molecule has 0 aromatic heterocycles. The number of hydrogen-bond donors (Lipinski definition) is 3. The molecule has 4 heteroatoms. The van der Waals surface area contributed by atoms with Gasteiger partial charge in [-0.05, 0) is 67.2 Å². The second-order valence-electron chi connectivity index (χ2n) is 8.31. The van der Waals surface area contributed by atoms with Gasteiger partial charge in [-0.25, -0.2) is 0 Å². The molecule has 0 bridgehead atoms. The molecule has 0 unspecified atom stereocenters. The third-order valence-electron chi connectivity index (χ3n) is 4.19. The molecule has 3 N–H and O–H groups in total. The standard InChI is InChI=1S/C16H32N2O2/c1-11(16(6,7)20)17-13(19)8-12-9-14(2,3)18-15(4,5)10-12/h11-12,18,20H,8-10H2,1-7H3,(H,17,19)/t11-/m1/s1. The highest BCUT2D eigenvalue weighted by Gasteiger charge is 2.38. The van der Waals surface area contributed by atoms with Crippen molar-refractivity contribution in [2.45, 2.75) is 90.4 Å². The first-order valence-electron chi connectivity index (χ1n) is 7.62. The molecule has 1 rings (SSSR count). The van der Waals surface area contributed by atoms with Gasteiger partial charge in [-0.15, -0.1) is 0 Å². The predicted octanol–water partition coefficient (Wildman–Crippen LogP) is 2.21. The lowest BCUT2D eigenvalue weighted by molar-refractivity contribution is -0.125. The molecule has 1 heterocycles. The van der Waals surface area contributed by atoms with Crippen LogP contribution in [-0.2, 0) is 4.79 Å². The van der Waals surface area contributed by atoms with Crippen molar-refractivity contribution in [3.05, 3.63) is 0 Å². The van der Waals surface area contributed by atoms with Gasteiger partial charge in [-0.2, -0.15) is 0 Å². The number of amides is 1. The van der Waals surface area contributed by atoms with Gasteiger partial charge in [0.2, 0.25) is 5.91 Å². The molecular weight excluding hydrogens is 252 g/mol. The van der Waals surface area contributed by atoms with Gasteiger partial charge in [-0.1, -0.05) is 0 Å². The molecule has 1 aliphatic rings. The van der Waals surface area contributed by atoms with Crippen LogP contribution in [0.5, 0.6) is 0 Å². The molecule has 0 aliphatic carbocycles. The molecule has 20 heavy (non-hydrogen) atoms. The van der Waals surface area contributed by atoms with E-state index in [-0.39, 0.29) is 23.0 Å². The number of carbonyl (C=O) groups is 1. The van der Waals surface area contributed by atoms with Crippen LogP contribution >= 0.6 is 0 Å². The lowest BCUT2D eigenvalue weighted by Gasteiger charge is -2.46. The van der Waals surface area contributed by atoms with Crippen LogP contribution in [0.4, 0.5) is 0 Å². The molecule has 0 aromatic carbocycles. The third-order valence-corrected chi connectivity index (χ3v) is 4.19. The maximum Gasteiger partial charge on any atom is 0.220 e. The van der Waals surface area contributed by atoms with E-state index in [1.54, 1.807) is 13.8 Å². The number of aliphatic hydroxyl groups is 1. The molecule has 1 amide bonds. The molecule has 0 radical (unpaired) electrons. The van der Waals surface area contributed by atoms with Crippen molar-refractivity contribution >= 4 is 5.91 Å². The maximum absolute atomic E-state index is 12.1. The first-order valence-corrected chi connectivity index (χ1v) is 7.62. The molecule has 1 saturated heterocycles. The van der Waals surface area contributed by atoms with Crippen LogP contribution in [0.15, 0.2) is 0 Å². The van der Waals surface area contributed by atoms with Gasteiger partial charge in [0, 0.05) is 17.5 Å². The summed E-state index contributed by atoms with van der Waals surface area (Å²) in [6.45, 7) is 14.0. The Kier molecular flexibility index (Phi) is 4.92. The fourth-order valence-corrected chi connectivity index (χ4v) is 3.42. The SMILES string of the molecule is C[C@@H](NC(=O)CC1CC(C)(C)NC(C)(C)C1)C(C)(C)O. The predicted molar refractivity (Wildman–Crippen MR) is 82.5 cm³/mol.